The van der Waals surface area contributed by atoms with Crippen molar-refractivity contribution >= 4 is 0 Å². The molecule has 0 aromatic carbocycles. The van der Waals surface area contributed by atoms with Crippen molar-refractivity contribution in [3.63, 3.8) is 0 Å². The van der Waals surface area contributed by atoms with Crippen molar-refractivity contribution in [1.29, 1.82) is 0 Å². The van der Waals surface area contributed by atoms with Gasteiger partial charge in [-0.1, -0.05) is 20.3 Å². The van der Waals surface area contributed by atoms with Crippen LogP contribution in [0.4, 0.5) is 0 Å². The Morgan fingerprint density at radius 2 is 1.93 bits per heavy atom. The van der Waals surface area contributed by atoms with Gasteiger partial charge in [-0.2, -0.15) is 0 Å². The van der Waals surface area contributed by atoms with Gasteiger partial charge in [-0.05, 0) is 51.7 Å². The zero-order valence-corrected chi connectivity index (χ0v) is 11.0. The molecule has 1 aliphatic rings. The van der Waals surface area contributed by atoms with Gasteiger partial charge in [-0.15, -0.1) is 0 Å². The normalized spacial score (nSPS) is 24.0. The summed E-state index contributed by atoms with van der Waals surface area (Å²) in [6.45, 7) is 10.8. The lowest BCUT2D eigenvalue weighted by atomic mass is 9.80. The van der Waals surface area contributed by atoms with Gasteiger partial charge < -0.3 is 10.2 Å². The second kappa shape index (κ2) is 5.86. The molecular weight excluding hydrogens is 184 g/mol. The Kier molecular flexibility index (Phi) is 5.07. The number of hydrogen-bond acceptors (Lipinski definition) is 2. The van der Waals surface area contributed by atoms with Crippen molar-refractivity contribution in [1.82, 2.24) is 10.2 Å². The molecule has 1 atom stereocenters. The van der Waals surface area contributed by atoms with Crippen LogP contribution in [0, 0.1) is 5.41 Å². The highest BCUT2D eigenvalue weighted by Crippen LogP contribution is 2.31. The number of piperidine rings is 1. The van der Waals surface area contributed by atoms with E-state index in [2.05, 4.69) is 38.0 Å². The standard InChI is InChI=1S/C13H28N2/c1-5-6-12(2)15-9-7-13(3,8-10-15)11-14-4/h12,14H,5-11H2,1-4H3. The third-order valence-corrected chi connectivity index (χ3v) is 3.94. The third kappa shape index (κ3) is 3.76. The molecule has 0 saturated carbocycles. The van der Waals surface area contributed by atoms with E-state index in [-0.39, 0.29) is 0 Å². The van der Waals surface area contributed by atoms with E-state index in [1.807, 2.05) is 0 Å². The molecule has 0 aromatic rings. The third-order valence-electron chi connectivity index (χ3n) is 3.94. The molecule has 0 aromatic heterocycles. The average Bonchev–Trinajstić information content (AvgIpc) is 2.19. The second-order valence-corrected chi connectivity index (χ2v) is 5.51. The fourth-order valence-corrected chi connectivity index (χ4v) is 2.71. The summed E-state index contributed by atoms with van der Waals surface area (Å²) in [6, 6.07) is 0.786. The van der Waals surface area contributed by atoms with E-state index in [9.17, 15) is 0 Å². The van der Waals surface area contributed by atoms with E-state index in [0.29, 0.717) is 5.41 Å². The summed E-state index contributed by atoms with van der Waals surface area (Å²) < 4.78 is 0. The molecule has 2 heteroatoms. The Balaban J connectivity index is 2.34. The topological polar surface area (TPSA) is 15.3 Å². The summed E-state index contributed by atoms with van der Waals surface area (Å²) >= 11 is 0. The van der Waals surface area contributed by atoms with Crippen LogP contribution in [-0.4, -0.2) is 37.6 Å². The number of nitrogens with zero attached hydrogens (tertiary/aromatic N) is 1. The average molecular weight is 212 g/mol. The largest absolute Gasteiger partial charge is 0.319 e. The van der Waals surface area contributed by atoms with E-state index < -0.39 is 0 Å². The SMILES string of the molecule is CCCC(C)N1CCC(C)(CNC)CC1. The van der Waals surface area contributed by atoms with Gasteiger partial charge in [0.05, 0.1) is 0 Å². The molecule has 1 unspecified atom stereocenters. The monoisotopic (exact) mass is 212 g/mol. The molecule has 2 nitrogen and oxygen atoms in total. The summed E-state index contributed by atoms with van der Waals surface area (Å²) in [7, 11) is 2.07. The van der Waals surface area contributed by atoms with Gasteiger partial charge in [-0.3, -0.25) is 0 Å². The van der Waals surface area contributed by atoms with Crippen LogP contribution in [0.3, 0.4) is 0 Å². The summed E-state index contributed by atoms with van der Waals surface area (Å²) in [6.07, 6.45) is 5.36. The fraction of sp³-hybridized carbons (Fsp3) is 1.00. The first-order chi connectivity index (χ1) is 7.11. The molecule has 0 bridgehead atoms. The summed E-state index contributed by atoms with van der Waals surface area (Å²) in [5.41, 5.74) is 0.539. The van der Waals surface area contributed by atoms with Gasteiger partial charge in [0, 0.05) is 12.6 Å². The zero-order valence-electron chi connectivity index (χ0n) is 11.0. The molecule has 1 aliphatic heterocycles. The Hall–Kier alpha value is -0.0800. The quantitative estimate of drug-likeness (QED) is 0.753. The predicted molar refractivity (Wildman–Crippen MR) is 67.2 cm³/mol. The predicted octanol–water partition coefficient (Wildman–Crippen LogP) is 2.50. The van der Waals surface area contributed by atoms with E-state index in [4.69, 9.17) is 0 Å². The molecule has 0 radical (unpaired) electrons. The molecule has 15 heavy (non-hydrogen) atoms. The van der Waals surface area contributed by atoms with Crippen LogP contribution in [0.5, 0.6) is 0 Å². The molecule has 0 aliphatic carbocycles. The van der Waals surface area contributed by atoms with Crippen LogP contribution in [-0.2, 0) is 0 Å². The maximum absolute atomic E-state index is 3.33. The summed E-state index contributed by atoms with van der Waals surface area (Å²) in [5.74, 6) is 0. The molecule has 90 valence electrons. The molecule has 1 fully saturated rings. The minimum Gasteiger partial charge on any atom is -0.319 e. The lowest BCUT2D eigenvalue weighted by Gasteiger charge is -2.42. The van der Waals surface area contributed by atoms with Gasteiger partial charge in [0.1, 0.15) is 0 Å². The van der Waals surface area contributed by atoms with E-state index in [1.54, 1.807) is 0 Å². The fourth-order valence-electron chi connectivity index (χ4n) is 2.71. The van der Waals surface area contributed by atoms with Crippen molar-refractivity contribution in [2.45, 2.75) is 52.5 Å². The Bertz CT molecular complexity index is 171. The second-order valence-electron chi connectivity index (χ2n) is 5.51. The summed E-state index contributed by atoms with van der Waals surface area (Å²) in [5, 5.41) is 3.33. The van der Waals surface area contributed by atoms with E-state index in [1.165, 1.54) is 45.3 Å². The summed E-state index contributed by atoms with van der Waals surface area (Å²) in [4.78, 5) is 2.67. The van der Waals surface area contributed by atoms with Crippen LogP contribution < -0.4 is 5.32 Å². The molecule has 1 heterocycles. The first-order valence-corrected chi connectivity index (χ1v) is 6.50. The van der Waals surface area contributed by atoms with Crippen molar-refractivity contribution in [3.05, 3.63) is 0 Å². The van der Waals surface area contributed by atoms with Gasteiger partial charge in [-0.25, -0.2) is 0 Å². The highest BCUT2D eigenvalue weighted by atomic mass is 15.2. The molecule has 1 saturated heterocycles. The number of likely N-dealkylation sites (tertiary alicyclic amines) is 1. The number of rotatable bonds is 5. The van der Waals surface area contributed by atoms with Crippen LogP contribution in [0.2, 0.25) is 0 Å². The van der Waals surface area contributed by atoms with Crippen molar-refractivity contribution < 1.29 is 0 Å². The highest BCUT2D eigenvalue weighted by molar-refractivity contribution is 4.85. The van der Waals surface area contributed by atoms with Crippen molar-refractivity contribution in [3.8, 4) is 0 Å². The van der Waals surface area contributed by atoms with Gasteiger partial charge in [0.25, 0.3) is 0 Å². The van der Waals surface area contributed by atoms with Crippen molar-refractivity contribution in [2.75, 3.05) is 26.7 Å². The number of hydrogen-bond donors (Lipinski definition) is 1. The minimum atomic E-state index is 0.539. The lowest BCUT2D eigenvalue weighted by Crippen LogP contribution is -2.46. The molecule has 1 N–H and O–H groups in total. The van der Waals surface area contributed by atoms with Gasteiger partial charge in [0.2, 0.25) is 0 Å². The van der Waals surface area contributed by atoms with Crippen LogP contribution >= 0.6 is 0 Å². The van der Waals surface area contributed by atoms with E-state index >= 15 is 0 Å². The van der Waals surface area contributed by atoms with Gasteiger partial charge in [0.15, 0.2) is 0 Å². The first kappa shape index (κ1) is 13.0. The Morgan fingerprint density at radius 1 is 1.33 bits per heavy atom. The Labute approximate surface area is 95.4 Å². The van der Waals surface area contributed by atoms with E-state index in [0.717, 1.165) is 6.04 Å². The molecule has 1 rings (SSSR count). The van der Waals surface area contributed by atoms with Crippen molar-refractivity contribution in [2.24, 2.45) is 5.41 Å². The van der Waals surface area contributed by atoms with Gasteiger partial charge >= 0.3 is 0 Å². The number of nitrogens with one attached hydrogen (secondary N) is 1. The Morgan fingerprint density at radius 3 is 2.40 bits per heavy atom. The highest BCUT2D eigenvalue weighted by Gasteiger charge is 2.30. The molecule has 0 spiro atoms. The van der Waals surface area contributed by atoms with Crippen LogP contribution in [0.25, 0.3) is 0 Å². The first-order valence-electron chi connectivity index (χ1n) is 6.50. The maximum atomic E-state index is 3.33. The smallest absolute Gasteiger partial charge is 0.00668 e. The molecular formula is C13H28N2. The van der Waals surface area contributed by atoms with Crippen LogP contribution in [0.15, 0.2) is 0 Å². The zero-order chi connectivity index (χ0) is 11.3. The maximum Gasteiger partial charge on any atom is 0.00668 e. The molecule has 0 amide bonds. The minimum absolute atomic E-state index is 0.539. The van der Waals surface area contributed by atoms with Crippen LogP contribution in [0.1, 0.15) is 46.5 Å². The lowest BCUT2D eigenvalue weighted by molar-refractivity contribution is 0.0863.